The van der Waals surface area contributed by atoms with Crippen LogP contribution in [0.25, 0.3) is 0 Å². The minimum absolute atomic E-state index is 0.0257. The van der Waals surface area contributed by atoms with Crippen LogP contribution in [-0.4, -0.2) is 30.7 Å². The molecule has 186 valence electrons. The number of hydrogen-bond donors (Lipinski definition) is 1. The quantitative estimate of drug-likeness (QED) is 0.171. The van der Waals surface area contributed by atoms with Crippen LogP contribution >= 0.6 is 0 Å². The van der Waals surface area contributed by atoms with Crippen molar-refractivity contribution >= 4 is 0 Å². The van der Waals surface area contributed by atoms with E-state index in [4.69, 9.17) is 9.47 Å². The van der Waals surface area contributed by atoms with Gasteiger partial charge in [0.25, 0.3) is 0 Å². The lowest BCUT2D eigenvalue weighted by Crippen LogP contribution is -2.22. The fourth-order valence-corrected chi connectivity index (χ4v) is 4.85. The number of aliphatic hydroxyl groups is 1. The average Bonchev–Trinajstić information content (AvgIpc) is 2.78. The molecule has 3 nitrogen and oxygen atoms in total. The first kappa shape index (κ1) is 28.9. The smallest absolute Gasteiger partial charge is 0.157 e. The molecular weight excluding hydrogens is 384 g/mol. The van der Waals surface area contributed by atoms with Gasteiger partial charge < -0.3 is 14.6 Å². The van der Waals surface area contributed by atoms with Crippen LogP contribution in [0.3, 0.4) is 0 Å². The second-order valence-corrected chi connectivity index (χ2v) is 10.0. The van der Waals surface area contributed by atoms with E-state index in [0.717, 1.165) is 51.2 Å². The first-order chi connectivity index (χ1) is 15.3. The molecule has 1 rings (SSSR count). The van der Waals surface area contributed by atoms with Crippen molar-refractivity contribution in [3.05, 3.63) is 0 Å². The van der Waals surface area contributed by atoms with E-state index in [1.54, 1.807) is 0 Å². The molecule has 0 bridgehead atoms. The molecule has 31 heavy (non-hydrogen) atoms. The van der Waals surface area contributed by atoms with Gasteiger partial charge in [-0.3, -0.25) is 0 Å². The molecule has 0 saturated carbocycles. The van der Waals surface area contributed by atoms with Crippen LogP contribution in [0, 0.1) is 5.92 Å². The van der Waals surface area contributed by atoms with Gasteiger partial charge in [0.1, 0.15) is 0 Å². The number of unbranched alkanes of at least 4 members (excludes halogenated alkanes) is 11. The van der Waals surface area contributed by atoms with Crippen molar-refractivity contribution in [1.82, 2.24) is 0 Å². The van der Waals surface area contributed by atoms with Gasteiger partial charge >= 0.3 is 0 Å². The molecule has 0 amide bonds. The van der Waals surface area contributed by atoms with E-state index >= 15 is 0 Å². The Morgan fingerprint density at radius 1 is 0.742 bits per heavy atom. The van der Waals surface area contributed by atoms with Gasteiger partial charge in [-0.2, -0.15) is 0 Å². The standard InChI is InChI=1S/C28H56O3/c1-3-5-7-9-11-13-19-26(20-14-12-10-8-6-4-2)25-27(29)21-15-17-23-30-28-22-16-18-24-31-28/h26-29H,3-25H2,1-2H3/t27-,28-/m0/s1. The molecule has 0 spiro atoms. The zero-order chi connectivity index (χ0) is 22.4. The van der Waals surface area contributed by atoms with Crippen LogP contribution in [0.1, 0.15) is 149 Å². The van der Waals surface area contributed by atoms with Crippen molar-refractivity contribution in [2.24, 2.45) is 5.92 Å². The minimum atomic E-state index is -0.129. The predicted molar refractivity (Wildman–Crippen MR) is 133 cm³/mol. The molecule has 1 N–H and O–H groups in total. The highest BCUT2D eigenvalue weighted by Gasteiger charge is 2.16. The van der Waals surface area contributed by atoms with Gasteiger partial charge in [-0.15, -0.1) is 0 Å². The van der Waals surface area contributed by atoms with E-state index in [-0.39, 0.29) is 12.4 Å². The third kappa shape index (κ3) is 18.0. The van der Waals surface area contributed by atoms with Crippen LogP contribution in [-0.2, 0) is 9.47 Å². The zero-order valence-corrected chi connectivity index (χ0v) is 21.3. The highest BCUT2D eigenvalue weighted by molar-refractivity contribution is 4.67. The molecule has 1 aliphatic heterocycles. The lowest BCUT2D eigenvalue weighted by molar-refractivity contribution is -0.162. The topological polar surface area (TPSA) is 38.7 Å². The largest absolute Gasteiger partial charge is 0.393 e. The Labute approximate surface area is 195 Å². The van der Waals surface area contributed by atoms with Crippen LogP contribution in [0.4, 0.5) is 0 Å². The van der Waals surface area contributed by atoms with Crippen molar-refractivity contribution in [2.75, 3.05) is 13.2 Å². The monoisotopic (exact) mass is 440 g/mol. The molecule has 3 heteroatoms. The van der Waals surface area contributed by atoms with Crippen molar-refractivity contribution in [1.29, 1.82) is 0 Å². The summed E-state index contributed by atoms with van der Waals surface area (Å²) in [7, 11) is 0. The van der Waals surface area contributed by atoms with Crippen molar-refractivity contribution < 1.29 is 14.6 Å². The first-order valence-electron chi connectivity index (χ1n) is 14.2. The van der Waals surface area contributed by atoms with Crippen molar-refractivity contribution in [2.45, 2.75) is 161 Å². The van der Waals surface area contributed by atoms with Crippen LogP contribution in [0.2, 0.25) is 0 Å². The number of hydrogen-bond acceptors (Lipinski definition) is 3. The molecule has 0 unspecified atom stereocenters. The van der Waals surface area contributed by atoms with Gasteiger partial charge in [0, 0.05) is 13.2 Å². The summed E-state index contributed by atoms with van der Waals surface area (Å²) in [4.78, 5) is 0. The molecule has 1 aliphatic rings. The highest BCUT2D eigenvalue weighted by atomic mass is 16.7. The SMILES string of the molecule is CCCCCCCCC(CCCCCCCC)C[C@@H](O)CCCCO[C@@H]1CCCCO1. The van der Waals surface area contributed by atoms with E-state index in [2.05, 4.69) is 13.8 Å². The Morgan fingerprint density at radius 2 is 1.32 bits per heavy atom. The molecule has 0 aromatic heterocycles. The molecule has 1 fully saturated rings. The molecule has 0 radical (unpaired) electrons. The van der Waals surface area contributed by atoms with Crippen molar-refractivity contribution in [3.63, 3.8) is 0 Å². The highest BCUT2D eigenvalue weighted by Crippen LogP contribution is 2.25. The maximum atomic E-state index is 10.6. The van der Waals surface area contributed by atoms with Gasteiger partial charge in [-0.25, -0.2) is 0 Å². The summed E-state index contributed by atoms with van der Waals surface area (Å²) < 4.78 is 11.5. The third-order valence-electron chi connectivity index (χ3n) is 6.91. The van der Waals surface area contributed by atoms with E-state index in [1.165, 1.54) is 103 Å². The van der Waals surface area contributed by atoms with Gasteiger partial charge in [-0.1, -0.05) is 104 Å². The van der Waals surface area contributed by atoms with Crippen molar-refractivity contribution in [3.8, 4) is 0 Å². The lowest BCUT2D eigenvalue weighted by atomic mass is 9.88. The summed E-state index contributed by atoms with van der Waals surface area (Å²) in [5.41, 5.74) is 0. The van der Waals surface area contributed by atoms with Crippen LogP contribution in [0.5, 0.6) is 0 Å². The number of ether oxygens (including phenoxy) is 2. The average molecular weight is 441 g/mol. The Morgan fingerprint density at radius 3 is 1.90 bits per heavy atom. The molecule has 0 aliphatic carbocycles. The first-order valence-corrected chi connectivity index (χ1v) is 14.2. The molecule has 0 aromatic rings. The van der Waals surface area contributed by atoms with E-state index in [9.17, 15) is 5.11 Å². The van der Waals surface area contributed by atoms with Gasteiger partial charge in [0.05, 0.1) is 6.10 Å². The van der Waals surface area contributed by atoms with E-state index in [1.807, 2.05) is 0 Å². The summed E-state index contributed by atoms with van der Waals surface area (Å²) in [6.45, 7) is 6.19. The molecule has 1 heterocycles. The Balaban J connectivity index is 2.15. The van der Waals surface area contributed by atoms with Crippen LogP contribution < -0.4 is 0 Å². The number of aliphatic hydroxyl groups excluding tert-OH is 1. The normalized spacial score (nSPS) is 18.0. The maximum absolute atomic E-state index is 10.6. The van der Waals surface area contributed by atoms with E-state index < -0.39 is 0 Å². The Hall–Kier alpha value is -0.120. The predicted octanol–water partition coefficient (Wildman–Crippen LogP) is 8.57. The van der Waals surface area contributed by atoms with Gasteiger partial charge in [0.2, 0.25) is 0 Å². The summed E-state index contributed by atoms with van der Waals surface area (Å²) in [6, 6.07) is 0. The minimum Gasteiger partial charge on any atom is -0.393 e. The summed E-state index contributed by atoms with van der Waals surface area (Å²) in [6.07, 6.45) is 26.5. The summed E-state index contributed by atoms with van der Waals surface area (Å²) in [5.74, 6) is 0.722. The third-order valence-corrected chi connectivity index (χ3v) is 6.91. The van der Waals surface area contributed by atoms with E-state index in [0.29, 0.717) is 0 Å². The molecule has 1 saturated heterocycles. The fourth-order valence-electron chi connectivity index (χ4n) is 4.85. The Bertz CT molecular complexity index is 338. The van der Waals surface area contributed by atoms with Gasteiger partial charge in [-0.05, 0) is 50.9 Å². The molecule has 0 aromatic carbocycles. The lowest BCUT2D eigenvalue weighted by Gasteiger charge is -2.23. The Kier molecular flexibility index (Phi) is 20.2. The summed E-state index contributed by atoms with van der Waals surface area (Å²) >= 11 is 0. The second kappa shape index (κ2) is 21.7. The van der Waals surface area contributed by atoms with Gasteiger partial charge in [0.15, 0.2) is 6.29 Å². The number of rotatable bonds is 22. The van der Waals surface area contributed by atoms with Crippen LogP contribution in [0.15, 0.2) is 0 Å². The molecule has 2 atom stereocenters. The zero-order valence-electron chi connectivity index (χ0n) is 21.3. The maximum Gasteiger partial charge on any atom is 0.157 e. The second-order valence-electron chi connectivity index (χ2n) is 10.0. The molecular formula is C28H56O3. The summed E-state index contributed by atoms with van der Waals surface area (Å²) in [5, 5.41) is 10.6. The fraction of sp³-hybridized carbons (Fsp3) is 1.00.